The van der Waals surface area contributed by atoms with Gasteiger partial charge < -0.3 is 11.1 Å². The number of benzene rings is 1. The second kappa shape index (κ2) is 6.91. The topological polar surface area (TPSA) is 102 Å². The highest BCUT2D eigenvalue weighted by Gasteiger charge is 2.34. The molecule has 0 unspecified atom stereocenters. The number of hydrogen-bond donors (Lipinski definition) is 2. The van der Waals surface area contributed by atoms with Gasteiger partial charge in [0, 0.05) is 18.2 Å². The van der Waals surface area contributed by atoms with Crippen LogP contribution < -0.4 is 11.1 Å². The first kappa shape index (κ1) is 19.3. The molecule has 0 saturated heterocycles. The van der Waals surface area contributed by atoms with Crippen molar-refractivity contribution in [3.05, 3.63) is 64.4 Å². The fraction of sp³-hybridized carbons (Fsp3) is 0.176. The summed E-state index contributed by atoms with van der Waals surface area (Å²) in [5.74, 6) is -2.99. The van der Waals surface area contributed by atoms with E-state index >= 15 is 0 Å². The maximum atomic E-state index is 13.3. The zero-order chi connectivity index (χ0) is 20.6. The zero-order valence-electron chi connectivity index (χ0n) is 14.3. The molecule has 2 heterocycles. The summed E-state index contributed by atoms with van der Waals surface area (Å²) < 4.78 is 52.9. The van der Waals surface area contributed by atoms with Crippen LogP contribution in [0.2, 0.25) is 0 Å². The minimum absolute atomic E-state index is 0.0406. The molecule has 1 aromatic carbocycles. The van der Waals surface area contributed by atoms with Crippen molar-refractivity contribution >= 4 is 17.5 Å². The molecule has 0 saturated carbocycles. The molecule has 3 aromatic rings. The number of rotatable bonds is 4. The van der Waals surface area contributed by atoms with Gasteiger partial charge in [-0.25, -0.2) is 13.9 Å². The van der Waals surface area contributed by atoms with Crippen LogP contribution in [0.5, 0.6) is 0 Å². The summed E-state index contributed by atoms with van der Waals surface area (Å²) in [5.41, 5.74) is 4.49. The summed E-state index contributed by atoms with van der Waals surface area (Å²) >= 11 is 0. The van der Waals surface area contributed by atoms with Crippen LogP contribution in [0.1, 0.15) is 37.7 Å². The Morgan fingerprint density at radius 2 is 1.96 bits per heavy atom. The van der Waals surface area contributed by atoms with Gasteiger partial charge in [0.25, 0.3) is 11.8 Å². The number of carbonyl (C=O) groups excluding carboxylic acids is 2. The monoisotopic (exact) mass is 395 g/mol. The molecule has 28 heavy (non-hydrogen) atoms. The van der Waals surface area contributed by atoms with Crippen molar-refractivity contribution < 1.29 is 27.2 Å². The fourth-order valence-corrected chi connectivity index (χ4v) is 2.54. The van der Waals surface area contributed by atoms with Crippen molar-refractivity contribution in [3.63, 3.8) is 0 Å². The van der Waals surface area contributed by atoms with E-state index in [1.54, 1.807) is 6.92 Å². The number of carbonyl (C=O) groups is 2. The van der Waals surface area contributed by atoms with Gasteiger partial charge in [0.05, 0.1) is 11.8 Å². The van der Waals surface area contributed by atoms with E-state index in [1.165, 1.54) is 10.7 Å². The molecule has 0 radical (unpaired) electrons. The van der Waals surface area contributed by atoms with E-state index in [0.717, 1.165) is 12.1 Å². The molecule has 0 atom stereocenters. The Balaban J connectivity index is 1.86. The second-order valence-corrected chi connectivity index (χ2v) is 5.95. The van der Waals surface area contributed by atoms with Crippen molar-refractivity contribution in [1.82, 2.24) is 19.9 Å². The van der Waals surface area contributed by atoms with Crippen LogP contribution in [-0.4, -0.2) is 26.4 Å². The Labute approximate surface area is 155 Å². The Morgan fingerprint density at radius 1 is 1.25 bits per heavy atom. The van der Waals surface area contributed by atoms with E-state index in [0.29, 0.717) is 17.7 Å². The van der Waals surface area contributed by atoms with Crippen molar-refractivity contribution in [3.8, 4) is 0 Å². The van der Waals surface area contributed by atoms with Gasteiger partial charge in [0.1, 0.15) is 17.2 Å². The lowest BCUT2D eigenvalue weighted by Crippen LogP contribution is -2.26. The van der Waals surface area contributed by atoms with Gasteiger partial charge in [0.15, 0.2) is 5.65 Å². The number of hydrogen-bond acceptors (Lipinski definition) is 4. The van der Waals surface area contributed by atoms with E-state index in [-0.39, 0.29) is 29.1 Å². The number of nitrogens with two attached hydrogens (primary N) is 1. The molecule has 11 heteroatoms. The van der Waals surface area contributed by atoms with Crippen LogP contribution >= 0.6 is 0 Å². The number of alkyl halides is 3. The Morgan fingerprint density at radius 3 is 2.61 bits per heavy atom. The van der Waals surface area contributed by atoms with Gasteiger partial charge in [-0.15, -0.1) is 0 Å². The quantitative estimate of drug-likeness (QED) is 0.662. The number of nitrogens with one attached hydrogen (secondary N) is 1. The second-order valence-electron chi connectivity index (χ2n) is 5.95. The van der Waals surface area contributed by atoms with Crippen molar-refractivity contribution in [1.29, 1.82) is 0 Å². The van der Waals surface area contributed by atoms with Crippen LogP contribution in [0.4, 0.5) is 17.6 Å². The molecule has 3 rings (SSSR count). The molecule has 0 bridgehead atoms. The Hall–Kier alpha value is -3.50. The first-order chi connectivity index (χ1) is 13.1. The van der Waals surface area contributed by atoms with Crippen LogP contribution in [0, 0.1) is 12.7 Å². The van der Waals surface area contributed by atoms with Gasteiger partial charge >= 0.3 is 6.18 Å². The molecular formula is C17H13F4N5O2. The molecule has 0 aliphatic rings. The molecule has 0 aliphatic heterocycles. The lowest BCUT2D eigenvalue weighted by Gasteiger charge is -2.11. The number of nitrogens with zero attached hydrogens (tertiary/aromatic N) is 3. The standard InChI is InChI=1S/C17H13F4N5O2/c1-8-6-24-26-13(14(22)27)5-12(25-15(8)26)16(28)23-7-9-2-3-11(18)10(4-9)17(19,20)21/h2-6H,7H2,1H3,(H2,22,27)(H,23,28). The molecule has 0 spiro atoms. The van der Waals surface area contributed by atoms with E-state index in [4.69, 9.17) is 5.73 Å². The average Bonchev–Trinajstić information content (AvgIpc) is 3.00. The fourth-order valence-electron chi connectivity index (χ4n) is 2.54. The van der Waals surface area contributed by atoms with Gasteiger partial charge in [-0.3, -0.25) is 9.59 Å². The summed E-state index contributed by atoms with van der Waals surface area (Å²) in [6.07, 6.45) is -3.42. The number of aryl methyl sites for hydroxylation is 1. The normalized spacial score (nSPS) is 11.6. The van der Waals surface area contributed by atoms with Gasteiger partial charge in [-0.1, -0.05) is 6.07 Å². The average molecular weight is 395 g/mol. The summed E-state index contributed by atoms with van der Waals surface area (Å²) in [5, 5.41) is 6.34. The SMILES string of the molecule is Cc1cnn2c(C(N)=O)cc(C(=O)NCc3ccc(F)c(C(F)(F)F)c3)nc12. The maximum Gasteiger partial charge on any atom is 0.419 e. The first-order valence-electron chi connectivity index (χ1n) is 7.87. The Bertz CT molecular complexity index is 1090. The molecule has 7 nitrogen and oxygen atoms in total. The molecule has 3 N–H and O–H groups in total. The minimum Gasteiger partial charge on any atom is -0.364 e. The molecule has 0 fully saturated rings. The smallest absolute Gasteiger partial charge is 0.364 e. The third-order valence-corrected chi connectivity index (χ3v) is 3.92. The summed E-state index contributed by atoms with van der Waals surface area (Å²) in [4.78, 5) is 28.1. The lowest BCUT2D eigenvalue weighted by atomic mass is 10.1. The van der Waals surface area contributed by atoms with Gasteiger partial charge in [0.2, 0.25) is 0 Å². The molecular weight excluding hydrogens is 382 g/mol. The predicted octanol–water partition coefficient (Wildman–Crippen LogP) is 2.22. The van der Waals surface area contributed by atoms with Crippen molar-refractivity contribution in [2.75, 3.05) is 0 Å². The first-order valence-corrected chi connectivity index (χ1v) is 7.87. The number of aromatic nitrogens is 3. The van der Waals surface area contributed by atoms with E-state index < -0.39 is 29.4 Å². The highest BCUT2D eigenvalue weighted by molar-refractivity contribution is 5.97. The molecule has 0 aliphatic carbocycles. The zero-order valence-corrected chi connectivity index (χ0v) is 14.3. The van der Waals surface area contributed by atoms with E-state index in [2.05, 4.69) is 15.4 Å². The number of primary amides is 1. The molecule has 2 amide bonds. The largest absolute Gasteiger partial charge is 0.419 e. The van der Waals surface area contributed by atoms with Crippen molar-refractivity contribution in [2.45, 2.75) is 19.6 Å². The number of fused-ring (bicyclic) bond motifs is 1. The van der Waals surface area contributed by atoms with Gasteiger partial charge in [-0.05, 0) is 24.6 Å². The van der Waals surface area contributed by atoms with Gasteiger partial charge in [-0.2, -0.15) is 18.3 Å². The molecule has 2 aromatic heterocycles. The van der Waals surface area contributed by atoms with Crippen LogP contribution in [-0.2, 0) is 12.7 Å². The van der Waals surface area contributed by atoms with E-state index in [1.807, 2.05) is 0 Å². The number of halogens is 4. The summed E-state index contributed by atoms with van der Waals surface area (Å²) in [6, 6.07) is 3.54. The van der Waals surface area contributed by atoms with Crippen LogP contribution in [0.25, 0.3) is 5.65 Å². The summed E-state index contributed by atoms with van der Waals surface area (Å²) in [7, 11) is 0. The highest BCUT2D eigenvalue weighted by Crippen LogP contribution is 2.31. The predicted molar refractivity (Wildman–Crippen MR) is 88.8 cm³/mol. The third kappa shape index (κ3) is 3.63. The Kier molecular flexibility index (Phi) is 4.75. The lowest BCUT2D eigenvalue weighted by molar-refractivity contribution is -0.140. The highest BCUT2D eigenvalue weighted by atomic mass is 19.4. The number of amides is 2. The van der Waals surface area contributed by atoms with E-state index in [9.17, 15) is 27.2 Å². The third-order valence-electron chi connectivity index (χ3n) is 3.92. The minimum atomic E-state index is -4.85. The van der Waals surface area contributed by atoms with Crippen LogP contribution in [0.3, 0.4) is 0 Å². The molecule has 146 valence electrons. The summed E-state index contributed by atoms with van der Waals surface area (Å²) in [6.45, 7) is 1.36. The van der Waals surface area contributed by atoms with Crippen LogP contribution in [0.15, 0.2) is 30.5 Å². The maximum absolute atomic E-state index is 13.3. The van der Waals surface area contributed by atoms with Crippen molar-refractivity contribution in [2.24, 2.45) is 5.73 Å².